The molecule has 0 radical (unpaired) electrons. The fourth-order valence-electron chi connectivity index (χ4n) is 2.98. The van der Waals surface area contributed by atoms with E-state index in [9.17, 15) is 9.59 Å². The summed E-state index contributed by atoms with van der Waals surface area (Å²) in [5, 5.41) is 3.82. The van der Waals surface area contributed by atoms with Crippen LogP contribution in [0, 0.1) is 13.8 Å². The van der Waals surface area contributed by atoms with E-state index in [0.29, 0.717) is 17.1 Å². The van der Waals surface area contributed by atoms with Crippen molar-refractivity contribution in [3.05, 3.63) is 45.1 Å². The molecule has 0 saturated carbocycles. The smallest absolute Gasteiger partial charge is 0.263 e. The lowest BCUT2D eigenvalue weighted by Crippen LogP contribution is -2.26. The molecule has 0 aliphatic heterocycles. The summed E-state index contributed by atoms with van der Waals surface area (Å²) in [4.78, 5) is 34.2. The van der Waals surface area contributed by atoms with E-state index in [0.717, 1.165) is 26.6 Å². The van der Waals surface area contributed by atoms with Gasteiger partial charge < -0.3 is 10.2 Å². The molecule has 2 aromatic heterocycles. The number of thiophene rings is 1. The molecule has 2 heterocycles. The quantitative estimate of drug-likeness (QED) is 0.467. The van der Waals surface area contributed by atoms with E-state index < -0.39 is 5.25 Å². The van der Waals surface area contributed by atoms with Crippen LogP contribution in [0.2, 0.25) is 0 Å². The molecular formula is C21H26N4O2S2. The second-order valence-electron chi connectivity index (χ2n) is 7.10. The predicted octanol–water partition coefficient (Wildman–Crippen LogP) is 4.28. The van der Waals surface area contributed by atoms with Crippen LogP contribution in [0.25, 0.3) is 10.2 Å². The van der Waals surface area contributed by atoms with Gasteiger partial charge in [0.05, 0.1) is 10.6 Å². The van der Waals surface area contributed by atoms with Gasteiger partial charge in [-0.25, -0.2) is 4.98 Å². The van der Waals surface area contributed by atoms with Crippen molar-refractivity contribution < 1.29 is 4.79 Å². The highest BCUT2D eigenvalue weighted by molar-refractivity contribution is 8.00. The second kappa shape index (κ2) is 8.59. The summed E-state index contributed by atoms with van der Waals surface area (Å²) in [5.74, 6) is -0.122. The van der Waals surface area contributed by atoms with Gasteiger partial charge in [-0.1, -0.05) is 11.8 Å². The Morgan fingerprint density at radius 1 is 1.28 bits per heavy atom. The minimum absolute atomic E-state index is 0.0336. The molecule has 8 heteroatoms. The Kier molecular flexibility index (Phi) is 6.33. The number of nitrogens with one attached hydrogen (secondary N) is 1. The maximum absolute atomic E-state index is 13.0. The van der Waals surface area contributed by atoms with Crippen molar-refractivity contribution in [2.45, 2.75) is 44.6 Å². The molecule has 1 amide bonds. The first-order chi connectivity index (χ1) is 13.7. The summed E-state index contributed by atoms with van der Waals surface area (Å²) in [6.45, 7) is 8.22. The normalized spacial score (nSPS) is 12.2. The van der Waals surface area contributed by atoms with Gasteiger partial charge in [0.2, 0.25) is 5.91 Å². The molecule has 0 aliphatic rings. The largest absolute Gasteiger partial charge is 0.378 e. The van der Waals surface area contributed by atoms with Crippen LogP contribution in [0.4, 0.5) is 11.4 Å². The van der Waals surface area contributed by atoms with Gasteiger partial charge in [-0.05, 0) is 57.5 Å². The minimum Gasteiger partial charge on any atom is -0.378 e. The summed E-state index contributed by atoms with van der Waals surface area (Å²) in [6.07, 6.45) is 0. The Labute approximate surface area is 179 Å². The van der Waals surface area contributed by atoms with Crippen LogP contribution in [-0.2, 0) is 11.3 Å². The minimum atomic E-state index is -0.396. The van der Waals surface area contributed by atoms with Gasteiger partial charge in [-0.3, -0.25) is 14.2 Å². The molecule has 0 saturated heterocycles. The Morgan fingerprint density at radius 3 is 2.52 bits per heavy atom. The zero-order valence-corrected chi connectivity index (χ0v) is 19.2. The summed E-state index contributed by atoms with van der Waals surface area (Å²) in [5.41, 5.74) is 2.77. The molecule has 3 aromatic rings. The van der Waals surface area contributed by atoms with Gasteiger partial charge in [0.25, 0.3) is 5.56 Å². The molecule has 1 atom stereocenters. The van der Waals surface area contributed by atoms with Crippen LogP contribution in [0.1, 0.15) is 24.3 Å². The molecule has 1 unspecified atom stereocenters. The van der Waals surface area contributed by atoms with Gasteiger partial charge >= 0.3 is 0 Å². The molecule has 154 valence electrons. The third kappa shape index (κ3) is 4.33. The van der Waals surface area contributed by atoms with E-state index in [4.69, 9.17) is 4.98 Å². The third-order valence-corrected chi connectivity index (χ3v) is 7.06. The van der Waals surface area contributed by atoms with Gasteiger partial charge in [0, 0.05) is 36.9 Å². The molecule has 6 nitrogen and oxygen atoms in total. The number of fused-ring (bicyclic) bond motifs is 1. The summed E-state index contributed by atoms with van der Waals surface area (Å²) in [6, 6.07) is 7.68. The topological polar surface area (TPSA) is 67.2 Å². The monoisotopic (exact) mass is 430 g/mol. The molecule has 29 heavy (non-hydrogen) atoms. The Morgan fingerprint density at radius 2 is 1.93 bits per heavy atom. The fraction of sp³-hybridized carbons (Fsp3) is 0.381. The molecule has 1 aromatic carbocycles. The van der Waals surface area contributed by atoms with E-state index in [2.05, 4.69) is 5.32 Å². The van der Waals surface area contributed by atoms with E-state index >= 15 is 0 Å². The van der Waals surface area contributed by atoms with Gasteiger partial charge in [-0.2, -0.15) is 0 Å². The number of anilines is 2. The van der Waals surface area contributed by atoms with E-state index in [1.54, 1.807) is 4.57 Å². The van der Waals surface area contributed by atoms with Crippen molar-refractivity contribution in [1.29, 1.82) is 0 Å². The summed E-state index contributed by atoms with van der Waals surface area (Å²) >= 11 is 2.84. The van der Waals surface area contributed by atoms with Crippen molar-refractivity contribution in [3.8, 4) is 0 Å². The van der Waals surface area contributed by atoms with Crippen LogP contribution in [-0.4, -0.2) is 34.8 Å². The summed E-state index contributed by atoms with van der Waals surface area (Å²) < 4.78 is 1.65. The van der Waals surface area contributed by atoms with Crippen LogP contribution < -0.4 is 15.8 Å². The number of hydrogen-bond acceptors (Lipinski definition) is 6. The van der Waals surface area contributed by atoms with Crippen molar-refractivity contribution in [1.82, 2.24) is 9.55 Å². The number of amides is 1. The molecule has 0 aliphatic carbocycles. The van der Waals surface area contributed by atoms with Crippen LogP contribution in [0.5, 0.6) is 0 Å². The number of benzene rings is 1. The van der Waals surface area contributed by atoms with E-state index in [1.807, 2.05) is 71.0 Å². The highest BCUT2D eigenvalue weighted by atomic mass is 32.2. The second-order valence-corrected chi connectivity index (χ2v) is 9.61. The Balaban J connectivity index is 1.82. The molecule has 0 spiro atoms. The first kappa shape index (κ1) is 21.4. The number of carbonyl (C=O) groups excluding carboxylic acids is 1. The fourth-order valence-corrected chi connectivity index (χ4v) is 5.02. The average molecular weight is 431 g/mol. The Bertz CT molecular complexity index is 1100. The van der Waals surface area contributed by atoms with Crippen LogP contribution in [0.15, 0.2) is 34.2 Å². The number of thioether (sulfide) groups is 1. The first-order valence-corrected chi connectivity index (χ1v) is 11.2. The van der Waals surface area contributed by atoms with E-state index in [1.165, 1.54) is 23.1 Å². The number of hydrogen-bond donors (Lipinski definition) is 1. The van der Waals surface area contributed by atoms with Gasteiger partial charge in [0.15, 0.2) is 5.16 Å². The van der Waals surface area contributed by atoms with Crippen molar-refractivity contribution in [2.24, 2.45) is 0 Å². The molecule has 0 bridgehead atoms. The molecular weight excluding hydrogens is 404 g/mol. The van der Waals surface area contributed by atoms with Crippen molar-refractivity contribution >= 4 is 50.6 Å². The first-order valence-electron chi connectivity index (χ1n) is 9.48. The lowest BCUT2D eigenvalue weighted by atomic mass is 10.2. The van der Waals surface area contributed by atoms with Crippen LogP contribution in [0.3, 0.4) is 0 Å². The number of nitrogens with zero attached hydrogens (tertiary/aromatic N) is 3. The van der Waals surface area contributed by atoms with Crippen molar-refractivity contribution in [3.63, 3.8) is 0 Å². The molecule has 1 N–H and O–H groups in total. The zero-order chi connectivity index (χ0) is 21.3. The summed E-state index contributed by atoms with van der Waals surface area (Å²) in [7, 11) is 3.94. The average Bonchev–Trinajstić information content (AvgIpc) is 2.96. The number of aryl methyl sites for hydroxylation is 2. The molecule has 3 rings (SSSR count). The third-order valence-electron chi connectivity index (χ3n) is 4.87. The van der Waals surface area contributed by atoms with Crippen LogP contribution >= 0.6 is 23.1 Å². The zero-order valence-electron chi connectivity index (χ0n) is 17.6. The highest BCUT2D eigenvalue weighted by Gasteiger charge is 2.21. The number of carbonyl (C=O) groups is 1. The predicted molar refractivity (Wildman–Crippen MR) is 124 cm³/mol. The Hall–Kier alpha value is -2.32. The standard InChI is InChI=1S/C21H26N4O2S2/c1-7-25-20(27)17-12(2)13(3)28-19(17)23-21(25)29-14(4)18(26)22-15-8-10-16(11-9-15)24(5)6/h8-11,14H,7H2,1-6H3,(H,22,26). The van der Waals surface area contributed by atoms with Gasteiger partial charge in [0.1, 0.15) is 4.83 Å². The lowest BCUT2D eigenvalue weighted by Gasteiger charge is -2.16. The lowest BCUT2D eigenvalue weighted by molar-refractivity contribution is -0.115. The SMILES string of the molecule is CCn1c(SC(C)C(=O)Nc2ccc(N(C)C)cc2)nc2sc(C)c(C)c2c1=O. The molecule has 0 fully saturated rings. The number of rotatable bonds is 6. The maximum Gasteiger partial charge on any atom is 0.263 e. The maximum atomic E-state index is 13.0. The highest BCUT2D eigenvalue weighted by Crippen LogP contribution is 2.30. The van der Waals surface area contributed by atoms with Gasteiger partial charge in [-0.15, -0.1) is 11.3 Å². The van der Waals surface area contributed by atoms with E-state index in [-0.39, 0.29) is 11.5 Å². The number of aromatic nitrogens is 2. The van der Waals surface area contributed by atoms with Crippen molar-refractivity contribution in [2.75, 3.05) is 24.3 Å².